The maximum Gasteiger partial charge on any atom is 0.271 e. The summed E-state index contributed by atoms with van der Waals surface area (Å²) in [6, 6.07) is 3.11. The summed E-state index contributed by atoms with van der Waals surface area (Å²) in [5.74, 6) is 0. The van der Waals surface area contributed by atoms with Gasteiger partial charge in [0.1, 0.15) is 4.90 Å². The predicted molar refractivity (Wildman–Crippen MR) is 77.0 cm³/mol. The zero-order valence-corrected chi connectivity index (χ0v) is 12.6. The van der Waals surface area contributed by atoms with Gasteiger partial charge in [0.15, 0.2) is 0 Å². The molecule has 1 aliphatic heterocycles. The highest BCUT2D eigenvalue weighted by Crippen LogP contribution is 2.26. The Labute approximate surface area is 127 Å². The number of nitrogens with one attached hydrogen (secondary N) is 2. The van der Waals surface area contributed by atoms with Gasteiger partial charge < -0.3 is 5.32 Å². The molecule has 0 amide bonds. The Morgan fingerprint density at radius 3 is 2.65 bits per heavy atom. The average Bonchev–Trinajstić information content (AvgIpc) is 2.80. The second-order valence-electron chi connectivity index (χ2n) is 4.18. The fourth-order valence-corrected chi connectivity index (χ4v) is 3.67. The van der Waals surface area contributed by atoms with Gasteiger partial charge in [-0.3, -0.25) is 10.1 Å². The molecule has 0 saturated carbocycles. The van der Waals surface area contributed by atoms with E-state index < -0.39 is 14.9 Å². The number of halogens is 2. The van der Waals surface area contributed by atoms with Crippen LogP contribution in [-0.2, 0) is 10.0 Å². The Balaban J connectivity index is 0.00000200. The quantitative estimate of drug-likeness (QED) is 0.635. The van der Waals surface area contributed by atoms with Gasteiger partial charge in [0, 0.05) is 24.7 Å². The lowest BCUT2D eigenvalue weighted by Gasteiger charge is -2.12. The van der Waals surface area contributed by atoms with Gasteiger partial charge in [-0.25, -0.2) is 13.1 Å². The fourth-order valence-electron chi connectivity index (χ4n) is 1.86. The smallest absolute Gasteiger partial charge is 0.271 e. The van der Waals surface area contributed by atoms with Crippen LogP contribution in [0.1, 0.15) is 6.42 Å². The van der Waals surface area contributed by atoms with E-state index in [9.17, 15) is 18.5 Å². The zero-order chi connectivity index (χ0) is 14.0. The summed E-state index contributed by atoms with van der Waals surface area (Å²) in [7, 11) is -3.76. The Bertz CT molecular complexity index is 603. The zero-order valence-electron chi connectivity index (χ0n) is 10.2. The summed E-state index contributed by atoms with van der Waals surface area (Å²) < 4.78 is 26.7. The monoisotopic (exact) mass is 341 g/mol. The summed E-state index contributed by atoms with van der Waals surface area (Å²) in [6.45, 7) is 1.31. The van der Waals surface area contributed by atoms with Gasteiger partial charge in [-0.15, -0.1) is 12.4 Å². The van der Waals surface area contributed by atoms with Crippen molar-refractivity contribution in [2.24, 2.45) is 0 Å². The van der Waals surface area contributed by atoms with E-state index in [1.54, 1.807) is 0 Å². The number of benzene rings is 1. The molecule has 1 heterocycles. The van der Waals surface area contributed by atoms with Crippen molar-refractivity contribution in [3.8, 4) is 0 Å². The van der Waals surface area contributed by atoms with Crippen LogP contribution in [0.15, 0.2) is 23.1 Å². The molecule has 1 unspecified atom stereocenters. The molecule has 10 heteroatoms. The third kappa shape index (κ3) is 3.80. The molecule has 1 aromatic carbocycles. The van der Waals surface area contributed by atoms with Crippen molar-refractivity contribution in [3.05, 3.63) is 33.3 Å². The largest absolute Gasteiger partial charge is 0.315 e. The molecule has 112 valence electrons. The van der Waals surface area contributed by atoms with Crippen LogP contribution < -0.4 is 10.0 Å². The van der Waals surface area contributed by atoms with Crippen LogP contribution in [0.2, 0.25) is 5.02 Å². The van der Waals surface area contributed by atoms with Crippen LogP contribution in [0.5, 0.6) is 0 Å². The van der Waals surface area contributed by atoms with E-state index in [-0.39, 0.29) is 34.1 Å². The molecule has 0 aromatic heterocycles. The highest BCUT2D eigenvalue weighted by atomic mass is 35.5. The van der Waals surface area contributed by atoms with Crippen molar-refractivity contribution in [1.29, 1.82) is 0 Å². The highest BCUT2D eigenvalue weighted by molar-refractivity contribution is 7.89. The molecule has 1 atom stereocenters. The number of hydrogen-bond acceptors (Lipinski definition) is 5. The van der Waals surface area contributed by atoms with E-state index in [0.717, 1.165) is 24.7 Å². The SMILES string of the molecule is Cl.O=[N+]([O-])c1ccc(S(=O)(=O)NC2CCNC2)c(Cl)c1. The Morgan fingerprint density at radius 2 is 2.15 bits per heavy atom. The van der Waals surface area contributed by atoms with E-state index >= 15 is 0 Å². The number of nitro benzene ring substituents is 1. The molecular weight excluding hydrogens is 329 g/mol. The van der Waals surface area contributed by atoms with Crippen molar-refractivity contribution in [2.45, 2.75) is 17.4 Å². The third-order valence-electron chi connectivity index (χ3n) is 2.80. The van der Waals surface area contributed by atoms with Gasteiger partial charge in [-0.05, 0) is 19.0 Å². The van der Waals surface area contributed by atoms with Crippen LogP contribution in [0.3, 0.4) is 0 Å². The second-order valence-corrected chi connectivity index (χ2v) is 6.27. The Kier molecular flexibility index (Phi) is 5.72. The number of hydrogen-bond donors (Lipinski definition) is 2. The van der Waals surface area contributed by atoms with Crippen molar-refractivity contribution < 1.29 is 13.3 Å². The molecule has 7 nitrogen and oxygen atoms in total. The summed E-state index contributed by atoms with van der Waals surface area (Å²) in [5, 5.41) is 13.4. The van der Waals surface area contributed by atoms with Crippen LogP contribution in [0, 0.1) is 10.1 Å². The topological polar surface area (TPSA) is 101 Å². The first-order valence-corrected chi connectivity index (χ1v) is 7.43. The molecule has 1 saturated heterocycles. The number of sulfonamides is 1. The summed E-state index contributed by atoms with van der Waals surface area (Å²) in [4.78, 5) is 9.79. The number of non-ortho nitro benzene ring substituents is 1. The standard InChI is InChI=1S/C10H12ClN3O4S.ClH/c11-9-5-8(14(15)16)1-2-10(9)19(17,18)13-7-3-4-12-6-7;/h1-2,5,7,12-13H,3-4,6H2;1H. The van der Waals surface area contributed by atoms with Crippen molar-refractivity contribution in [3.63, 3.8) is 0 Å². The first kappa shape index (κ1) is 17.1. The maximum absolute atomic E-state index is 12.1. The molecular formula is C10H13Cl2N3O4S. The number of rotatable bonds is 4. The molecule has 20 heavy (non-hydrogen) atoms. The van der Waals surface area contributed by atoms with Crippen LogP contribution in [-0.4, -0.2) is 32.5 Å². The second kappa shape index (κ2) is 6.68. The lowest BCUT2D eigenvalue weighted by atomic mass is 10.3. The van der Waals surface area contributed by atoms with Gasteiger partial charge in [0.2, 0.25) is 10.0 Å². The summed E-state index contributed by atoms with van der Waals surface area (Å²) in [6.07, 6.45) is 0.698. The molecule has 1 aliphatic rings. The molecule has 1 aromatic rings. The average molecular weight is 342 g/mol. The van der Waals surface area contributed by atoms with E-state index in [1.807, 2.05) is 0 Å². The number of nitrogens with zero attached hydrogens (tertiary/aromatic N) is 1. The maximum atomic E-state index is 12.1. The Morgan fingerprint density at radius 1 is 1.45 bits per heavy atom. The van der Waals surface area contributed by atoms with E-state index in [4.69, 9.17) is 11.6 Å². The van der Waals surface area contributed by atoms with Crippen LogP contribution >= 0.6 is 24.0 Å². The first-order chi connectivity index (χ1) is 8.90. The van der Waals surface area contributed by atoms with Crippen molar-refractivity contribution in [2.75, 3.05) is 13.1 Å². The predicted octanol–water partition coefficient (Wildman–Crippen LogP) is 1.31. The lowest BCUT2D eigenvalue weighted by Crippen LogP contribution is -2.36. The minimum atomic E-state index is -3.76. The molecule has 0 aliphatic carbocycles. The van der Waals surface area contributed by atoms with Gasteiger partial charge in [0.05, 0.1) is 9.95 Å². The summed E-state index contributed by atoms with van der Waals surface area (Å²) in [5.41, 5.74) is -0.244. The molecule has 0 spiro atoms. The van der Waals surface area contributed by atoms with Crippen molar-refractivity contribution in [1.82, 2.24) is 10.0 Å². The lowest BCUT2D eigenvalue weighted by molar-refractivity contribution is -0.384. The minimum absolute atomic E-state index is 0. The van der Waals surface area contributed by atoms with Gasteiger partial charge >= 0.3 is 0 Å². The molecule has 0 bridgehead atoms. The van der Waals surface area contributed by atoms with Crippen molar-refractivity contribution >= 4 is 39.7 Å². The highest BCUT2D eigenvalue weighted by Gasteiger charge is 2.25. The van der Waals surface area contributed by atoms with E-state index in [0.29, 0.717) is 13.0 Å². The van der Waals surface area contributed by atoms with Gasteiger partial charge in [-0.2, -0.15) is 0 Å². The molecule has 2 N–H and O–H groups in total. The van der Waals surface area contributed by atoms with E-state index in [1.165, 1.54) is 0 Å². The molecule has 2 rings (SSSR count). The molecule has 0 radical (unpaired) electrons. The van der Waals surface area contributed by atoms with E-state index in [2.05, 4.69) is 10.0 Å². The normalized spacial score (nSPS) is 18.6. The minimum Gasteiger partial charge on any atom is -0.315 e. The molecule has 1 fully saturated rings. The fraction of sp³-hybridized carbons (Fsp3) is 0.400. The summed E-state index contributed by atoms with van der Waals surface area (Å²) >= 11 is 5.80. The van der Waals surface area contributed by atoms with Crippen LogP contribution in [0.4, 0.5) is 5.69 Å². The Hall–Kier alpha value is -0.930. The first-order valence-electron chi connectivity index (χ1n) is 5.57. The third-order valence-corrected chi connectivity index (χ3v) is 4.80. The van der Waals surface area contributed by atoms with Gasteiger partial charge in [0.25, 0.3) is 5.69 Å². The number of nitro groups is 1. The van der Waals surface area contributed by atoms with Crippen LogP contribution in [0.25, 0.3) is 0 Å². The van der Waals surface area contributed by atoms with Gasteiger partial charge in [-0.1, -0.05) is 11.6 Å².